The van der Waals surface area contributed by atoms with Crippen LogP contribution in [0.2, 0.25) is 0 Å². The highest BCUT2D eigenvalue weighted by molar-refractivity contribution is 5.95. The van der Waals surface area contributed by atoms with E-state index >= 15 is 0 Å². The van der Waals surface area contributed by atoms with E-state index in [-0.39, 0.29) is 16.9 Å². The van der Waals surface area contributed by atoms with Crippen LogP contribution in [-0.2, 0) is 13.2 Å². The number of aromatic nitrogens is 4. The molecule has 2 aromatic heterocycles. The summed E-state index contributed by atoms with van der Waals surface area (Å²) in [5.41, 5.74) is -1.70. The van der Waals surface area contributed by atoms with Crippen LogP contribution in [0.25, 0.3) is 16.9 Å². The molecule has 1 amide bonds. The number of nitrogens with zero attached hydrogens (tertiary/aromatic N) is 4. The molecule has 0 fully saturated rings. The molecule has 31 heavy (non-hydrogen) atoms. The van der Waals surface area contributed by atoms with Crippen LogP contribution in [0.1, 0.15) is 15.9 Å². The molecular weight excluding hydrogens is 422 g/mol. The SMILES string of the molecule is Cn1cc(-n2nc(-c3ccc(C(F)(F)F)cc3)cc(C(=O)N[C@H](CO)CF)c2=O)cn1. The van der Waals surface area contributed by atoms with Crippen molar-refractivity contribution in [2.45, 2.75) is 12.2 Å². The Kier molecular flexibility index (Phi) is 6.20. The lowest BCUT2D eigenvalue weighted by Gasteiger charge is -2.14. The van der Waals surface area contributed by atoms with Gasteiger partial charge in [-0.15, -0.1) is 0 Å². The van der Waals surface area contributed by atoms with Gasteiger partial charge in [-0.25, -0.2) is 4.39 Å². The standard InChI is InChI=1S/C19H17F4N5O3/c1-27-9-14(8-24-27)28-18(31)15(17(30)25-13(7-20)10-29)6-16(26-28)11-2-4-12(5-3-11)19(21,22)23/h2-6,8-9,13,29H,7,10H2,1H3,(H,25,30)/t13-/m0/s1. The second-order valence-corrected chi connectivity index (χ2v) is 6.61. The van der Waals surface area contributed by atoms with Crippen molar-refractivity contribution in [1.82, 2.24) is 24.9 Å². The molecule has 8 nitrogen and oxygen atoms in total. The van der Waals surface area contributed by atoms with Crippen molar-refractivity contribution in [3.63, 3.8) is 0 Å². The zero-order valence-electron chi connectivity index (χ0n) is 16.1. The number of amides is 1. The second kappa shape index (κ2) is 8.68. The highest BCUT2D eigenvalue weighted by Crippen LogP contribution is 2.30. The summed E-state index contributed by atoms with van der Waals surface area (Å²) >= 11 is 0. The Morgan fingerprint density at radius 2 is 1.94 bits per heavy atom. The molecule has 0 aliphatic carbocycles. The van der Waals surface area contributed by atoms with Crippen LogP contribution < -0.4 is 10.9 Å². The summed E-state index contributed by atoms with van der Waals surface area (Å²) in [6.07, 6.45) is -1.77. The van der Waals surface area contributed by atoms with E-state index in [0.29, 0.717) is 0 Å². The monoisotopic (exact) mass is 439 g/mol. The van der Waals surface area contributed by atoms with Crippen molar-refractivity contribution < 1.29 is 27.5 Å². The number of nitrogens with one attached hydrogen (secondary N) is 1. The lowest BCUT2D eigenvalue weighted by Crippen LogP contribution is -2.42. The van der Waals surface area contributed by atoms with Gasteiger partial charge in [0.05, 0.1) is 36.3 Å². The maximum atomic E-state index is 12.9. The fourth-order valence-corrected chi connectivity index (χ4v) is 2.72. The first kappa shape index (κ1) is 22.2. The molecule has 3 rings (SSSR count). The van der Waals surface area contributed by atoms with Gasteiger partial charge in [0, 0.05) is 12.6 Å². The fraction of sp³-hybridized carbons (Fsp3) is 0.263. The van der Waals surface area contributed by atoms with Crippen molar-refractivity contribution in [1.29, 1.82) is 0 Å². The van der Waals surface area contributed by atoms with Crippen molar-refractivity contribution >= 4 is 5.91 Å². The molecule has 1 atom stereocenters. The number of aliphatic hydroxyl groups excluding tert-OH is 1. The zero-order chi connectivity index (χ0) is 22.8. The molecule has 0 aliphatic rings. The normalized spacial score (nSPS) is 12.6. The maximum Gasteiger partial charge on any atom is 0.416 e. The fourth-order valence-electron chi connectivity index (χ4n) is 2.72. The number of carbonyl (C=O) groups excluding carboxylic acids is 1. The Morgan fingerprint density at radius 3 is 2.45 bits per heavy atom. The lowest BCUT2D eigenvalue weighted by molar-refractivity contribution is -0.137. The molecule has 1 aromatic carbocycles. The van der Waals surface area contributed by atoms with Crippen molar-refractivity contribution in [3.8, 4) is 16.9 Å². The Bertz CT molecular complexity index is 1130. The van der Waals surface area contributed by atoms with E-state index in [9.17, 15) is 27.2 Å². The molecule has 0 spiro atoms. The number of aryl methyl sites for hydroxylation is 1. The molecule has 0 saturated carbocycles. The number of aliphatic hydroxyl groups is 1. The summed E-state index contributed by atoms with van der Waals surface area (Å²) in [6.45, 7) is -1.74. The van der Waals surface area contributed by atoms with Gasteiger partial charge in [0.25, 0.3) is 11.5 Å². The number of alkyl halides is 4. The maximum absolute atomic E-state index is 12.9. The molecule has 164 valence electrons. The molecule has 0 aliphatic heterocycles. The highest BCUT2D eigenvalue weighted by Gasteiger charge is 2.30. The number of halogens is 4. The quantitative estimate of drug-likeness (QED) is 0.570. The summed E-state index contributed by atoms with van der Waals surface area (Å²) in [6, 6.07) is 3.88. The second-order valence-electron chi connectivity index (χ2n) is 6.61. The van der Waals surface area contributed by atoms with E-state index in [1.807, 2.05) is 0 Å². The summed E-state index contributed by atoms with van der Waals surface area (Å²) in [7, 11) is 1.59. The Labute approximate surface area is 172 Å². The molecule has 0 saturated heterocycles. The Balaban J connectivity index is 2.13. The first-order valence-corrected chi connectivity index (χ1v) is 8.92. The van der Waals surface area contributed by atoms with E-state index in [1.165, 1.54) is 17.1 Å². The van der Waals surface area contributed by atoms with Crippen LogP contribution in [0.15, 0.2) is 47.5 Å². The Hall–Kier alpha value is -3.54. The van der Waals surface area contributed by atoms with E-state index in [0.717, 1.165) is 35.0 Å². The molecule has 2 heterocycles. The van der Waals surface area contributed by atoms with Gasteiger partial charge in [0.1, 0.15) is 17.9 Å². The van der Waals surface area contributed by atoms with Gasteiger partial charge < -0.3 is 10.4 Å². The minimum Gasteiger partial charge on any atom is -0.394 e. The molecule has 12 heteroatoms. The third-order valence-corrected chi connectivity index (χ3v) is 4.34. The van der Waals surface area contributed by atoms with Crippen LogP contribution in [0.5, 0.6) is 0 Å². The topological polar surface area (TPSA) is 102 Å². The van der Waals surface area contributed by atoms with Gasteiger partial charge in [-0.1, -0.05) is 12.1 Å². The predicted molar refractivity (Wildman–Crippen MR) is 101 cm³/mol. The van der Waals surface area contributed by atoms with Crippen molar-refractivity contribution in [2.24, 2.45) is 7.05 Å². The minimum atomic E-state index is -4.53. The molecule has 3 aromatic rings. The zero-order valence-corrected chi connectivity index (χ0v) is 16.1. The molecular formula is C19H17F4N5O3. The van der Waals surface area contributed by atoms with E-state index in [1.54, 1.807) is 7.05 Å². The van der Waals surface area contributed by atoms with Crippen LogP contribution >= 0.6 is 0 Å². The largest absolute Gasteiger partial charge is 0.416 e. The van der Waals surface area contributed by atoms with Crippen LogP contribution in [0.4, 0.5) is 17.6 Å². The van der Waals surface area contributed by atoms with Gasteiger partial charge in [0.15, 0.2) is 0 Å². The third kappa shape index (κ3) is 4.79. The molecule has 0 unspecified atom stereocenters. The van der Waals surface area contributed by atoms with Crippen LogP contribution in [-0.4, -0.2) is 49.9 Å². The summed E-state index contributed by atoms with van der Waals surface area (Å²) < 4.78 is 53.7. The Morgan fingerprint density at radius 1 is 1.26 bits per heavy atom. The summed E-state index contributed by atoms with van der Waals surface area (Å²) in [4.78, 5) is 25.4. The number of hydrogen-bond acceptors (Lipinski definition) is 5. The third-order valence-electron chi connectivity index (χ3n) is 4.34. The van der Waals surface area contributed by atoms with Gasteiger partial charge in [0.2, 0.25) is 0 Å². The average Bonchev–Trinajstić information content (AvgIpc) is 3.17. The number of hydrogen-bond donors (Lipinski definition) is 2. The number of rotatable bonds is 6. The summed E-state index contributed by atoms with van der Waals surface area (Å²) in [5, 5.41) is 19.4. The average molecular weight is 439 g/mol. The predicted octanol–water partition coefficient (Wildman–Crippen LogP) is 1.71. The molecule has 0 bridgehead atoms. The minimum absolute atomic E-state index is 0.0307. The van der Waals surface area contributed by atoms with Gasteiger partial charge in [-0.2, -0.15) is 28.1 Å². The molecule has 2 N–H and O–H groups in total. The van der Waals surface area contributed by atoms with Crippen LogP contribution in [0, 0.1) is 0 Å². The van der Waals surface area contributed by atoms with Gasteiger partial charge >= 0.3 is 6.18 Å². The lowest BCUT2D eigenvalue weighted by atomic mass is 10.1. The number of benzene rings is 1. The number of carbonyl (C=O) groups is 1. The smallest absolute Gasteiger partial charge is 0.394 e. The van der Waals surface area contributed by atoms with Gasteiger partial charge in [-0.3, -0.25) is 14.3 Å². The van der Waals surface area contributed by atoms with E-state index in [2.05, 4.69) is 15.5 Å². The first-order valence-electron chi connectivity index (χ1n) is 8.92. The van der Waals surface area contributed by atoms with Crippen molar-refractivity contribution in [3.05, 3.63) is 64.2 Å². The van der Waals surface area contributed by atoms with Crippen LogP contribution in [0.3, 0.4) is 0 Å². The summed E-state index contributed by atoms with van der Waals surface area (Å²) in [5.74, 6) is -0.963. The van der Waals surface area contributed by atoms with Crippen molar-refractivity contribution in [2.75, 3.05) is 13.3 Å². The van der Waals surface area contributed by atoms with E-state index < -0.39 is 48.1 Å². The first-order chi connectivity index (χ1) is 14.6. The molecule has 0 radical (unpaired) electrons. The highest BCUT2D eigenvalue weighted by atomic mass is 19.4. The van der Waals surface area contributed by atoms with Gasteiger partial charge in [-0.05, 0) is 18.2 Å². The van der Waals surface area contributed by atoms with E-state index in [4.69, 9.17) is 5.11 Å².